The molecule has 1 heterocycles. The molecule has 0 atom stereocenters. The monoisotopic (exact) mass is 402 g/mol. The lowest BCUT2D eigenvalue weighted by Gasteiger charge is -2.13. The Morgan fingerprint density at radius 1 is 0.862 bits per heavy atom. The van der Waals surface area contributed by atoms with Gasteiger partial charge in [-0.15, -0.1) is 0 Å². The molecule has 0 aliphatic carbocycles. The van der Waals surface area contributed by atoms with E-state index in [1.54, 1.807) is 12.1 Å². The van der Waals surface area contributed by atoms with Gasteiger partial charge in [0, 0.05) is 41.3 Å². The molecule has 5 heteroatoms. The molecule has 0 radical (unpaired) electrons. The van der Waals surface area contributed by atoms with Crippen molar-refractivity contribution < 1.29 is 9.53 Å². The number of pyridine rings is 1. The molecule has 0 spiro atoms. The summed E-state index contributed by atoms with van der Waals surface area (Å²) in [5.74, 6) is 1.17. The molecule has 4 nitrogen and oxygen atoms in total. The standard InChI is InChI=1S/C24H19ClN2O2/c25-22-8-4-1-5-19(22)15-26-14-18-10-11-23(21-7-3-2-6-20(18)21)29-24-12-9-17(16-28)13-27-24/h1-13,16,26H,14-15H2. The Labute approximate surface area is 174 Å². The fraction of sp³-hybridized carbons (Fsp3) is 0.0833. The molecule has 0 bridgehead atoms. The third-order valence-electron chi connectivity index (χ3n) is 4.67. The highest BCUT2D eigenvalue weighted by Gasteiger charge is 2.09. The number of carbonyl (C=O) groups is 1. The first-order chi connectivity index (χ1) is 14.2. The third-order valence-corrected chi connectivity index (χ3v) is 5.04. The van der Waals surface area contributed by atoms with Crippen LogP contribution in [0.25, 0.3) is 10.8 Å². The van der Waals surface area contributed by atoms with Gasteiger partial charge < -0.3 is 10.1 Å². The molecule has 0 saturated heterocycles. The van der Waals surface area contributed by atoms with Gasteiger partial charge in [0.15, 0.2) is 6.29 Å². The van der Waals surface area contributed by atoms with Gasteiger partial charge in [0.2, 0.25) is 5.88 Å². The summed E-state index contributed by atoms with van der Waals surface area (Å²) >= 11 is 6.24. The van der Waals surface area contributed by atoms with Crippen LogP contribution < -0.4 is 10.1 Å². The average Bonchev–Trinajstić information content (AvgIpc) is 2.77. The van der Waals surface area contributed by atoms with Crippen LogP contribution in [-0.4, -0.2) is 11.3 Å². The SMILES string of the molecule is O=Cc1ccc(Oc2ccc(CNCc3ccccc3Cl)c3ccccc23)nc1. The van der Waals surface area contributed by atoms with Crippen molar-refractivity contribution in [2.75, 3.05) is 0 Å². The van der Waals surface area contributed by atoms with Crippen molar-refractivity contribution in [2.24, 2.45) is 0 Å². The molecule has 29 heavy (non-hydrogen) atoms. The maximum absolute atomic E-state index is 10.8. The molecule has 4 rings (SSSR count). The second kappa shape index (κ2) is 8.86. The van der Waals surface area contributed by atoms with Gasteiger partial charge in [-0.2, -0.15) is 0 Å². The Bertz CT molecular complexity index is 1140. The van der Waals surface area contributed by atoms with Crippen LogP contribution in [0.3, 0.4) is 0 Å². The summed E-state index contributed by atoms with van der Waals surface area (Å²) in [5.41, 5.74) is 2.76. The maximum Gasteiger partial charge on any atom is 0.219 e. The van der Waals surface area contributed by atoms with Crippen LogP contribution >= 0.6 is 11.6 Å². The van der Waals surface area contributed by atoms with Crippen LogP contribution in [0.2, 0.25) is 5.02 Å². The lowest BCUT2D eigenvalue weighted by Crippen LogP contribution is -2.13. The first kappa shape index (κ1) is 19.1. The Kier molecular flexibility index (Phi) is 5.84. The minimum Gasteiger partial charge on any atom is -0.438 e. The summed E-state index contributed by atoms with van der Waals surface area (Å²) in [7, 11) is 0. The molecule has 1 N–H and O–H groups in total. The van der Waals surface area contributed by atoms with Gasteiger partial charge in [-0.3, -0.25) is 4.79 Å². The molecule has 4 aromatic rings. The highest BCUT2D eigenvalue weighted by Crippen LogP contribution is 2.31. The van der Waals surface area contributed by atoms with Crippen molar-refractivity contribution >= 4 is 28.7 Å². The Morgan fingerprint density at radius 2 is 1.62 bits per heavy atom. The molecule has 0 aliphatic rings. The zero-order valence-corrected chi connectivity index (χ0v) is 16.4. The Morgan fingerprint density at radius 3 is 2.38 bits per heavy atom. The normalized spacial score (nSPS) is 10.8. The van der Waals surface area contributed by atoms with Gasteiger partial charge in [0.1, 0.15) is 5.75 Å². The number of aldehydes is 1. The van der Waals surface area contributed by atoms with Gasteiger partial charge in [-0.25, -0.2) is 4.98 Å². The van der Waals surface area contributed by atoms with Gasteiger partial charge in [0.25, 0.3) is 0 Å². The molecule has 3 aromatic carbocycles. The second-order valence-electron chi connectivity index (χ2n) is 6.61. The van der Waals surface area contributed by atoms with E-state index < -0.39 is 0 Å². The molecule has 0 aliphatic heterocycles. The highest BCUT2D eigenvalue weighted by atomic mass is 35.5. The number of ether oxygens (including phenoxy) is 1. The molecular weight excluding hydrogens is 384 g/mol. The van der Waals surface area contributed by atoms with E-state index in [0.717, 1.165) is 33.4 Å². The van der Waals surface area contributed by atoms with E-state index in [-0.39, 0.29) is 0 Å². The summed E-state index contributed by atoms with van der Waals surface area (Å²) in [5, 5.41) is 6.35. The molecule has 0 fully saturated rings. The number of nitrogens with one attached hydrogen (secondary N) is 1. The number of halogens is 1. The molecule has 0 saturated carbocycles. The molecule has 1 aromatic heterocycles. The second-order valence-corrected chi connectivity index (χ2v) is 7.02. The lowest BCUT2D eigenvalue weighted by molar-refractivity contribution is 0.112. The van der Waals surface area contributed by atoms with E-state index in [0.29, 0.717) is 24.5 Å². The number of nitrogens with zero attached hydrogens (tertiary/aromatic N) is 1. The molecule has 0 unspecified atom stereocenters. The van der Waals surface area contributed by atoms with Crippen molar-refractivity contribution in [1.82, 2.24) is 10.3 Å². The van der Waals surface area contributed by atoms with Gasteiger partial charge in [-0.1, -0.05) is 60.1 Å². The van der Waals surface area contributed by atoms with Crippen molar-refractivity contribution in [3.05, 3.63) is 101 Å². The van der Waals surface area contributed by atoms with Gasteiger partial charge in [-0.05, 0) is 34.7 Å². The summed E-state index contributed by atoms with van der Waals surface area (Å²) in [6, 6.07) is 23.3. The maximum atomic E-state index is 10.8. The fourth-order valence-corrected chi connectivity index (χ4v) is 3.39. The first-order valence-corrected chi connectivity index (χ1v) is 9.66. The van der Waals surface area contributed by atoms with E-state index >= 15 is 0 Å². The topological polar surface area (TPSA) is 51.2 Å². The van der Waals surface area contributed by atoms with Crippen molar-refractivity contribution in [2.45, 2.75) is 13.1 Å². The molecule has 0 amide bonds. The van der Waals surface area contributed by atoms with Crippen LogP contribution in [-0.2, 0) is 13.1 Å². The Balaban J connectivity index is 1.54. The third kappa shape index (κ3) is 4.45. The smallest absolute Gasteiger partial charge is 0.219 e. The van der Waals surface area contributed by atoms with E-state index in [2.05, 4.69) is 22.4 Å². The van der Waals surface area contributed by atoms with Crippen LogP contribution in [0.5, 0.6) is 11.6 Å². The Hall–Kier alpha value is -3.21. The number of hydrogen-bond donors (Lipinski definition) is 1. The fourth-order valence-electron chi connectivity index (χ4n) is 3.19. The number of aromatic nitrogens is 1. The van der Waals surface area contributed by atoms with Crippen LogP contribution in [0.4, 0.5) is 0 Å². The largest absolute Gasteiger partial charge is 0.438 e. The zero-order chi connectivity index (χ0) is 20.1. The number of benzene rings is 3. The highest BCUT2D eigenvalue weighted by molar-refractivity contribution is 6.31. The summed E-state index contributed by atoms with van der Waals surface area (Å²) in [4.78, 5) is 15.0. The summed E-state index contributed by atoms with van der Waals surface area (Å²) in [6.45, 7) is 1.40. The predicted molar refractivity (Wildman–Crippen MR) is 116 cm³/mol. The summed E-state index contributed by atoms with van der Waals surface area (Å²) in [6.07, 6.45) is 2.26. The lowest BCUT2D eigenvalue weighted by atomic mass is 10.0. The zero-order valence-electron chi connectivity index (χ0n) is 15.6. The van der Waals surface area contributed by atoms with Crippen molar-refractivity contribution in [3.8, 4) is 11.6 Å². The van der Waals surface area contributed by atoms with Crippen molar-refractivity contribution in [1.29, 1.82) is 0 Å². The predicted octanol–water partition coefficient (Wildman–Crippen LogP) is 5.78. The minimum absolute atomic E-state index is 0.449. The van der Waals surface area contributed by atoms with E-state index in [1.807, 2.05) is 48.5 Å². The molecule has 144 valence electrons. The van der Waals surface area contributed by atoms with Crippen LogP contribution in [0.15, 0.2) is 79.0 Å². The molecular formula is C24H19ClN2O2. The van der Waals surface area contributed by atoms with E-state index in [9.17, 15) is 4.79 Å². The van der Waals surface area contributed by atoms with Crippen LogP contribution in [0.1, 0.15) is 21.5 Å². The quantitative estimate of drug-likeness (QED) is 0.398. The minimum atomic E-state index is 0.449. The average molecular weight is 403 g/mol. The number of fused-ring (bicyclic) bond motifs is 1. The van der Waals surface area contributed by atoms with Gasteiger partial charge >= 0.3 is 0 Å². The number of rotatable bonds is 7. The van der Waals surface area contributed by atoms with Gasteiger partial charge in [0.05, 0.1) is 0 Å². The first-order valence-electron chi connectivity index (χ1n) is 9.28. The number of hydrogen-bond acceptors (Lipinski definition) is 4. The van der Waals surface area contributed by atoms with Crippen LogP contribution in [0, 0.1) is 0 Å². The van der Waals surface area contributed by atoms with Crippen molar-refractivity contribution in [3.63, 3.8) is 0 Å². The van der Waals surface area contributed by atoms with E-state index in [1.165, 1.54) is 11.8 Å². The number of carbonyl (C=O) groups excluding carboxylic acids is 1. The van der Waals surface area contributed by atoms with E-state index in [4.69, 9.17) is 16.3 Å². The summed E-state index contributed by atoms with van der Waals surface area (Å²) < 4.78 is 5.97.